The Balaban J connectivity index is 1.95. The van der Waals surface area contributed by atoms with E-state index in [4.69, 9.17) is 4.74 Å². The predicted octanol–water partition coefficient (Wildman–Crippen LogP) is 4.87. The fourth-order valence-electron chi connectivity index (χ4n) is 3.14. The average Bonchev–Trinajstić information content (AvgIpc) is 2.78. The van der Waals surface area contributed by atoms with E-state index in [1.165, 1.54) is 18.9 Å². The zero-order valence-corrected chi connectivity index (χ0v) is 20.1. The molecule has 0 saturated heterocycles. The van der Waals surface area contributed by atoms with Crippen molar-refractivity contribution in [2.45, 2.75) is 23.6 Å². The summed E-state index contributed by atoms with van der Waals surface area (Å²) in [5.74, 6) is 0.0279. The highest BCUT2D eigenvalue weighted by molar-refractivity contribution is 7.98. The summed E-state index contributed by atoms with van der Waals surface area (Å²) in [4.78, 5) is 14.0. The van der Waals surface area contributed by atoms with Crippen molar-refractivity contribution < 1.29 is 17.9 Å². The van der Waals surface area contributed by atoms with Crippen molar-refractivity contribution in [1.82, 2.24) is 0 Å². The van der Waals surface area contributed by atoms with Crippen LogP contribution in [-0.4, -0.2) is 34.2 Å². The minimum atomic E-state index is -3.97. The summed E-state index contributed by atoms with van der Waals surface area (Å²) in [5.41, 5.74) is 2.83. The summed E-state index contributed by atoms with van der Waals surface area (Å²) in [6.07, 6.45) is 1.92. The number of sulfonamides is 1. The Labute approximate surface area is 193 Å². The number of anilines is 2. The molecule has 1 N–H and O–H groups in total. The molecular weight excluding hydrogens is 444 g/mol. The van der Waals surface area contributed by atoms with Crippen LogP contribution < -0.4 is 14.4 Å². The van der Waals surface area contributed by atoms with Crippen molar-refractivity contribution >= 4 is 39.1 Å². The first kappa shape index (κ1) is 23.7. The molecule has 0 bridgehead atoms. The molecule has 32 heavy (non-hydrogen) atoms. The molecule has 0 heterocycles. The van der Waals surface area contributed by atoms with Crippen LogP contribution in [0.1, 0.15) is 11.1 Å². The van der Waals surface area contributed by atoms with Gasteiger partial charge in [-0.25, -0.2) is 8.42 Å². The van der Waals surface area contributed by atoms with E-state index in [1.54, 1.807) is 48.5 Å². The fourth-order valence-corrected chi connectivity index (χ4v) is 4.97. The Kier molecular flexibility index (Phi) is 7.48. The highest BCUT2D eigenvalue weighted by Crippen LogP contribution is 2.28. The van der Waals surface area contributed by atoms with Gasteiger partial charge in [0, 0.05) is 4.90 Å². The third-order valence-corrected chi connectivity index (χ3v) is 7.42. The first-order chi connectivity index (χ1) is 15.2. The second-order valence-electron chi connectivity index (χ2n) is 7.27. The first-order valence-corrected chi connectivity index (χ1v) is 12.6. The number of nitrogens with one attached hydrogen (secondary N) is 1. The van der Waals surface area contributed by atoms with E-state index in [1.807, 2.05) is 38.3 Å². The number of nitrogens with zero attached hydrogens (tertiary/aromatic N) is 1. The number of benzene rings is 3. The molecule has 1 amide bonds. The normalized spacial score (nSPS) is 11.1. The van der Waals surface area contributed by atoms with Gasteiger partial charge in [-0.2, -0.15) is 0 Å². The number of carbonyl (C=O) groups is 1. The van der Waals surface area contributed by atoms with Crippen molar-refractivity contribution in [2.75, 3.05) is 29.5 Å². The van der Waals surface area contributed by atoms with Crippen LogP contribution in [0.3, 0.4) is 0 Å². The summed E-state index contributed by atoms with van der Waals surface area (Å²) in [5, 5.41) is 2.78. The summed E-state index contributed by atoms with van der Waals surface area (Å²) in [7, 11) is -2.46. The van der Waals surface area contributed by atoms with Gasteiger partial charge in [-0.1, -0.05) is 23.8 Å². The number of hydrogen-bond donors (Lipinski definition) is 1. The largest absolute Gasteiger partial charge is 0.495 e. The molecule has 0 saturated carbocycles. The van der Waals surface area contributed by atoms with Crippen LogP contribution in [0, 0.1) is 13.8 Å². The van der Waals surface area contributed by atoms with Crippen molar-refractivity contribution in [3.63, 3.8) is 0 Å². The SMILES string of the molecule is COc1ccc(C)cc1NC(=O)CN(c1ccc(C)cc1)S(=O)(=O)c1ccc(SC)cc1. The highest BCUT2D eigenvalue weighted by Gasteiger charge is 2.27. The van der Waals surface area contributed by atoms with E-state index < -0.39 is 15.9 Å². The van der Waals surface area contributed by atoms with Crippen LogP contribution in [0.25, 0.3) is 0 Å². The van der Waals surface area contributed by atoms with Crippen LogP contribution in [0.2, 0.25) is 0 Å². The summed E-state index contributed by atoms with van der Waals surface area (Å²) >= 11 is 1.53. The first-order valence-electron chi connectivity index (χ1n) is 9.92. The Morgan fingerprint density at radius 1 is 0.969 bits per heavy atom. The van der Waals surface area contributed by atoms with Gasteiger partial charge in [0.1, 0.15) is 12.3 Å². The quantitative estimate of drug-likeness (QED) is 0.476. The van der Waals surface area contributed by atoms with Crippen molar-refractivity contribution in [2.24, 2.45) is 0 Å². The van der Waals surface area contributed by atoms with Gasteiger partial charge in [0.25, 0.3) is 10.0 Å². The molecule has 0 spiro atoms. The van der Waals surface area contributed by atoms with E-state index >= 15 is 0 Å². The van der Waals surface area contributed by atoms with E-state index in [2.05, 4.69) is 5.32 Å². The fraction of sp³-hybridized carbons (Fsp3) is 0.208. The standard InChI is InChI=1S/C24H26N2O4S2/c1-17-5-8-19(9-6-17)26(32(28,29)21-12-10-20(31-4)11-13-21)16-24(27)25-22-15-18(2)7-14-23(22)30-3/h5-15H,16H2,1-4H3,(H,25,27). The van der Waals surface area contributed by atoms with Gasteiger partial charge in [0.2, 0.25) is 5.91 Å². The molecule has 0 aliphatic carbocycles. The number of thioether (sulfide) groups is 1. The van der Waals surface area contributed by atoms with Crippen LogP contribution in [-0.2, 0) is 14.8 Å². The number of hydrogen-bond acceptors (Lipinski definition) is 5. The summed E-state index contributed by atoms with van der Waals surface area (Å²) in [6, 6.07) is 19.1. The number of aryl methyl sites for hydroxylation is 2. The Morgan fingerprint density at radius 2 is 1.59 bits per heavy atom. The molecule has 0 aromatic heterocycles. The van der Waals surface area contributed by atoms with Gasteiger partial charge in [0.15, 0.2) is 0 Å². The van der Waals surface area contributed by atoms with Gasteiger partial charge >= 0.3 is 0 Å². The number of ether oxygens (including phenoxy) is 1. The van der Waals surface area contributed by atoms with Crippen molar-refractivity contribution in [1.29, 1.82) is 0 Å². The smallest absolute Gasteiger partial charge is 0.264 e. The number of amides is 1. The van der Waals surface area contributed by atoms with E-state index in [9.17, 15) is 13.2 Å². The molecule has 3 aromatic carbocycles. The van der Waals surface area contributed by atoms with E-state index in [-0.39, 0.29) is 11.4 Å². The minimum Gasteiger partial charge on any atom is -0.495 e. The number of rotatable bonds is 8. The van der Waals surface area contributed by atoms with E-state index in [0.29, 0.717) is 17.1 Å². The zero-order chi connectivity index (χ0) is 23.3. The average molecular weight is 471 g/mol. The van der Waals surface area contributed by atoms with Gasteiger partial charge in [-0.05, 0) is 74.2 Å². The lowest BCUT2D eigenvalue weighted by molar-refractivity contribution is -0.114. The van der Waals surface area contributed by atoms with Crippen LogP contribution >= 0.6 is 11.8 Å². The predicted molar refractivity (Wildman–Crippen MR) is 130 cm³/mol. The molecule has 3 aromatic rings. The summed E-state index contributed by atoms with van der Waals surface area (Å²) in [6.45, 7) is 3.43. The lowest BCUT2D eigenvalue weighted by Crippen LogP contribution is -2.38. The maximum atomic E-state index is 13.5. The molecule has 0 fully saturated rings. The van der Waals surface area contributed by atoms with Gasteiger partial charge in [-0.15, -0.1) is 11.8 Å². The molecular formula is C24H26N2O4S2. The van der Waals surface area contributed by atoms with Crippen LogP contribution in [0.15, 0.2) is 76.5 Å². The lowest BCUT2D eigenvalue weighted by Gasteiger charge is -2.24. The van der Waals surface area contributed by atoms with Gasteiger partial charge in [-0.3, -0.25) is 9.10 Å². The van der Waals surface area contributed by atoms with Crippen molar-refractivity contribution in [3.8, 4) is 5.75 Å². The minimum absolute atomic E-state index is 0.122. The topological polar surface area (TPSA) is 75.7 Å². The maximum absolute atomic E-state index is 13.5. The molecule has 8 heteroatoms. The van der Waals surface area contributed by atoms with Crippen LogP contribution in [0.4, 0.5) is 11.4 Å². The van der Waals surface area contributed by atoms with Crippen molar-refractivity contribution in [3.05, 3.63) is 77.9 Å². The molecule has 6 nitrogen and oxygen atoms in total. The Bertz CT molecular complexity index is 1190. The highest BCUT2D eigenvalue weighted by atomic mass is 32.2. The number of methoxy groups -OCH3 is 1. The summed E-state index contributed by atoms with van der Waals surface area (Å²) < 4.78 is 33.4. The molecule has 0 aliphatic heterocycles. The Hall–Kier alpha value is -2.97. The zero-order valence-electron chi connectivity index (χ0n) is 18.5. The molecule has 0 unspecified atom stereocenters. The molecule has 0 aliphatic rings. The van der Waals surface area contributed by atoms with Crippen LogP contribution in [0.5, 0.6) is 5.75 Å². The molecule has 0 atom stereocenters. The van der Waals surface area contributed by atoms with E-state index in [0.717, 1.165) is 20.3 Å². The van der Waals surface area contributed by atoms with Gasteiger partial charge < -0.3 is 10.1 Å². The third-order valence-electron chi connectivity index (χ3n) is 4.89. The third kappa shape index (κ3) is 5.44. The van der Waals surface area contributed by atoms with Gasteiger partial charge in [0.05, 0.1) is 23.4 Å². The maximum Gasteiger partial charge on any atom is 0.264 e. The lowest BCUT2D eigenvalue weighted by atomic mass is 10.2. The second kappa shape index (κ2) is 10.1. The number of carbonyl (C=O) groups excluding carboxylic acids is 1. The Morgan fingerprint density at radius 3 is 2.19 bits per heavy atom. The molecule has 3 rings (SSSR count). The molecule has 168 valence electrons. The second-order valence-corrected chi connectivity index (χ2v) is 10.0. The monoisotopic (exact) mass is 470 g/mol. The molecule has 0 radical (unpaired) electrons.